The van der Waals surface area contributed by atoms with Gasteiger partial charge in [-0.05, 0) is 57.4 Å². The van der Waals surface area contributed by atoms with Crippen molar-refractivity contribution in [1.82, 2.24) is 19.9 Å². The Morgan fingerprint density at radius 2 is 1.78 bits per heavy atom. The fraction of sp³-hybridized carbons (Fsp3) is 0.318. The van der Waals surface area contributed by atoms with E-state index in [1.807, 2.05) is 33.8 Å². The highest BCUT2D eigenvalue weighted by molar-refractivity contribution is 5.94. The zero-order valence-electron chi connectivity index (χ0n) is 15.8. The first-order chi connectivity index (χ1) is 13.1. The van der Waals surface area contributed by atoms with Gasteiger partial charge in [0.05, 0.1) is 17.6 Å². The van der Waals surface area contributed by atoms with E-state index in [0.29, 0.717) is 6.04 Å². The van der Waals surface area contributed by atoms with Gasteiger partial charge in [0.1, 0.15) is 0 Å². The summed E-state index contributed by atoms with van der Waals surface area (Å²) in [5.74, 6) is 0.117. The summed E-state index contributed by atoms with van der Waals surface area (Å²) in [7, 11) is 0. The van der Waals surface area contributed by atoms with Gasteiger partial charge in [-0.15, -0.1) is 5.10 Å². The van der Waals surface area contributed by atoms with Crippen molar-refractivity contribution in [3.8, 4) is 16.9 Å². The normalized spacial score (nSPS) is 17.1. The summed E-state index contributed by atoms with van der Waals surface area (Å²) in [5, 5.41) is 8.31. The number of aryl methyl sites for hydroxylation is 1. The van der Waals surface area contributed by atoms with E-state index in [1.165, 1.54) is 12.0 Å². The summed E-state index contributed by atoms with van der Waals surface area (Å²) in [4.78, 5) is 14.8. The number of piperidine rings is 1. The van der Waals surface area contributed by atoms with Crippen molar-refractivity contribution in [3.05, 3.63) is 65.9 Å². The van der Waals surface area contributed by atoms with E-state index >= 15 is 0 Å². The number of aromatic nitrogens is 3. The minimum absolute atomic E-state index is 0.117. The van der Waals surface area contributed by atoms with Crippen LogP contribution < -0.4 is 0 Å². The van der Waals surface area contributed by atoms with Gasteiger partial charge in [0.25, 0.3) is 5.91 Å². The number of hydrogen-bond donors (Lipinski definition) is 0. The lowest BCUT2D eigenvalue weighted by molar-refractivity contribution is 0.0635. The van der Waals surface area contributed by atoms with Gasteiger partial charge in [-0.3, -0.25) is 4.79 Å². The van der Waals surface area contributed by atoms with Crippen LogP contribution in [0.25, 0.3) is 16.9 Å². The van der Waals surface area contributed by atoms with Crippen LogP contribution in [0, 0.1) is 6.92 Å². The van der Waals surface area contributed by atoms with Crippen LogP contribution in [0.1, 0.15) is 42.1 Å². The van der Waals surface area contributed by atoms with Gasteiger partial charge in [0.15, 0.2) is 0 Å². The molecule has 1 aromatic heterocycles. The lowest BCUT2D eigenvalue weighted by Gasteiger charge is -2.33. The predicted molar refractivity (Wildman–Crippen MR) is 106 cm³/mol. The van der Waals surface area contributed by atoms with Gasteiger partial charge in [-0.1, -0.05) is 35.0 Å². The van der Waals surface area contributed by atoms with Crippen molar-refractivity contribution in [2.45, 2.75) is 39.2 Å². The summed E-state index contributed by atoms with van der Waals surface area (Å²) in [6.45, 7) is 5.05. The lowest BCUT2D eigenvalue weighted by atomic mass is 10.0. The van der Waals surface area contributed by atoms with Crippen molar-refractivity contribution in [2.24, 2.45) is 0 Å². The molecule has 0 spiro atoms. The first kappa shape index (κ1) is 17.5. The summed E-state index contributed by atoms with van der Waals surface area (Å²) in [6.07, 6.45) is 5.15. The lowest BCUT2D eigenvalue weighted by Crippen LogP contribution is -2.42. The predicted octanol–water partition coefficient (Wildman–Crippen LogP) is 4.26. The maximum atomic E-state index is 12.8. The zero-order chi connectivity index (χ0) is 18.8. The first-order valence-electron chi connectivity index (χ1n) is 9.52. The number of amides is 1. The quantitative estimate of drug-likeness (QED) is 0.701. The molecule has 0 saturated carbocycles. The molecule has 0 bridgehead atoms. The Hall–Kier alpha value is -2.95. The second-order valence-electron chi connectivity index (χ2n) is 7.29. The van der Waals surface area contributed by atoms with Gasteiger partial charge in [-0.25, -0.2) is 4.68 Å². The molecule has 138 valence electrons. The van der Waals surface area contributed by atoms with Gasteiger partial charge < -0.3 is 4.90 Å². The summed E-state index contributed by atoms with van der Waals surface area (Å²) in [6, 6.07) is 16.3. The Morgan fingerprint density at radius 3 is 2.48 bits per heavy atom. The SMILES string of the molecule is Cc1ccc(-c2cnnn2-c2ccc(C(=O)N3CCCC[C@H]3C)cc2)cc1. The third kappa shape index (κ3) is 3.50. The Bertz CT molecular complexity index is 928. The highest BCUT2D eigenvalue weighted by Gasteiger charge is 2.24. The van der Waals surface area contributed by atoms with Crippen LogP contribution in [0.4, 0.5) is 0 Å². The van der Waals surface area contributed by atoms with E-state index in [2.05, 4.69) is 48.4 Å². The molecule has 0 radical (unpaired) electrons. The molecule has 1 aliphatic rings. The molecule has 5 heteroatoms. The maximum absolute atomic E-state index is 12.8. The van der Waals surface area contributed by atoms with E-state index in [1.54, 1.807) is 6.20 Å². The molecule has 1 fully saturated rings. The molecular weight excluding hydrogens is 336 g/mol. The Morgan fingerprint density at radius 1 is 1.04 bits per heavy atom. The number of hydrogen-bond acceptors (Lipinski definition) is 3. The molecule has 1 atom stereocenters. The van der Waals surface area contributed by atoms with Crippen molar-refractivity contribution in [2.75, 3.05) is 6.54 Å². The second-order valence-corrected chi connectivity index (χ2v) is 7.29. The number of rotatable bonds is 3. The van der Waals surface area contributed by atoms with Crippen molar-refractivity contribution >= 4 is 5.91 Å². The van der Waals surface area contributed by atoms with E-state index in [0.717, 1.165) is 41.9 Å². The molecule has 4 rings (SSSR count). The molecule has 27 heavy (non-hydrogen) atoms. The van der Waals surface area contributed by atoms with E-state index < -0.39 is 0 Å². The van der Waals surface area contributed by atoms with Crippen LogP contribution in [0.15, 0.2) is 54.7 Å². The number of nitrogens with zero attached hydrogens (tertiary/aromatic N) is 4. The third-order valence-electron chi connectivity index (χ3n) is 5.32. The molecule has 1 saturated heterocycles. The largest absolute Gasteiger partial charge is 0.336 e. The summed E-state index contributed by atoms with van der Waals surface area (Å²) < 4.78 is 1.81. The first-order valence-corrected chi connectivity index (χ1v) is 9.52. The molecule has 0 N–H and O–H groups in total. The fourth-order valence-electron chi connectivity index (χ4n) is 3.66. The van der Waals surface area contributed by atoms with Crippen LogP contribution in [-0.2, 0) is 0 Å². The standard InChI is InChI=1S/C22H24N4O/c1-16-6-8-18(9-7-16)21-15-23-24-26(21)20-12-10-19(11-13-20)22(27)25-14-4-3-5-17(25)2/h6-13,15,17H,3-5,14H2,1-2H3/t17-/m1/s1. The summed E-state index contributed by atoms with van der Waals surface area (Å²) >= 11 is 0. The highest BCUT2D eigenvalue weighted by Crippen LogP contribution is 2.23. The zero-order valence-corrected chi connectivity index (χ0v) is 15.8. The number of carbonyl (C=O) groups is 1. The molecule has 1 aliphatic heterocycles. The topological polar surface area (TPSA) is 51.0 Å². The average Bonchev–Trinajstić information content (AvgIpc) is 3.18. The highest BCUT2D eigenvalue weighted by atomic mass is 16.2. The van der Waals surface area contributed by atoms with E-state index in [9.17, 15) is 4.79 Å². The molecule has 2 heterocycles. The average molecular weight is 360 g/mol. The van der Waals surface area contributed by atoms with Crippen molar-refractivity contribution in [3.63, 3.8) is 0 Å². The molecule has 3 aromatic rings. The van der Waals surface area contributed by atoms with E-state index in [-0.39, 0.29) is 5.91 Å². The molecule has 0 aliphatic carbocycles. The number of likely N-dealkylation sites (tertiary alicyclic amines) is 1. The minimum Gasteiger partial charge on any atom is -0.336 e. The number of carbonyl (C=O) groups excluding carboxylic acids is 1. The van der Waals surface area contributed by atoms with Crippen LogP contribution in [0.2, 0.25) is 0 Å². The van der Waals surface area contributed by atoms with Crippen molar-refractivity contribution in [1.29, 1.82) is 0 Å². The van der Waals surface area contributed by atoms with Crippen molar-refractivity contribution < 1.29 is 4.79 Å². The maximum Gasteiger partial charge on any atom is 0.254 e. The Kier molecular flexibility index (Phi) is 4.75. The van der Waals surface area contributed by atoms with Crippen LogP contribution in [-0.4, -0.2) is 38.4 Å². The van der Waals surface area contributed by atoms with E-state index in [4.69, 9.17) is 0 Å². The molecule has 5 nitrogen and oxygen atoms in total. The second kappa shape index (κ2) is 7.35. The van der Waals surface area contributed by atoms with Gasteiger partial charge in [-0.2, -0.15) is 0 Å². The van der Waals surface area contributed by atoms with Gasteiger partial charge in [0, 0.05) is 23.7 Å². The van der Waals surface area contributed by atoms with Crippen LogP contribution in [0.3, 0.4) is 0 Å². The summed E-state index contributed by atoms with van der Waals surface area (Å²) in [5.41, 5.74) is 4.83. The molecular formula is C22H24N4O. The minimum atomic E-state index is 0.117. The smallest absolute Gasteiger partial charge is 0.254 e. The monoisotopic (exact) mass is 360 g/mol. The Balaban J connectivity index is 1.59. The molecule has 2 aromatic carbocycles. The third-order valence-corrected chi connectivity index (χ3v) is 5.32. The Labute approximate surface area is 159 Å². The van der Waals surface area contributed by atoms with Crippen LogP contribution >= 0.6 is 0 Å². The van der Waals surface area contributed by atoms with Crippen LogP contribution in [0.5, 0.6) is 0 Å². The van der Waals surface area contributed by atoms with Gasteiger partial charge in [0.2, 0.25) is 0 Å². The molecule has 0 unspecified atom stereocenters. The fourth-order valence-corrected chi connectivity index (χ4v) is 3.66. The van der Waals surface area contributed by atoms with Gasteiger partial charge >= 0.3 is 0 Å². The molecule has 1 amide bonds. The number of benzene rings is 2.